The van der Waals surface area contributed by atoms with E-state index in [2.05, 4.69) is 120 Å². The van der Waals surface area contributed by atoms with Gasteiger partial charge in [0.2, 0.25) is 12.3 Å². The van der Waals surface area contributed by atoms with Crippen LogP contribution in [0, 0.1) is 17.8 Å². The van der Waals surface area contributed by atoms with E-state index in [1.165, 1.54) is 18.2 Å². The quantitative estimate of drug-likeness (QED) is 0.124. The summed E-state index contributed by atoms with van der Waals surface area (Å²) in [5.41, 5.74) is 2.15. The van der Waals surface area contributed by atoms with Crippen molar-refractivity contribution in [3.8, 4) is 0 Å². The van der Waals surface area contributed by atoms with Gasteiger partial charge in [-0.3, -0.25) is 19.2 Å². The number of ether oxygens (including phenoxy) is 11. The summed E-state index contributed by atoms with van der Waals surface area (Å²) in [6.45, 7) is 47.5. The largest absolute Gasteiger partial charge is 0.432 e. The highest BCUT2D eigenvalue weighted by molar-refractivity contribution is 5.93. The zero-order valence-electron chi connectivity index (χ0n) is 50.9. The molecule has 11 aliphatic heterocycles. The molecule has 0 amide bonds. The zero-order chi connectivity index (χ0) is 70.9. The van der Waals surface area contributed by atoms with Gasteiger partial charge in [0.05, 0.1) is 18.3 Å². The lowest BCUT2D eigenvalue weighted by Gasteiger charge is -2.11. The molecule has 11 rings (SSSR count). The van der Waals surface area contributed by atoms with Crippen molar-refractivity contribution in [3.05, 3.63) is 183 Å². The molecule has 0 radical (unpaired) electrons. The first-order valence-corrected chi connectivity index (χ1v) is 26.7. The standard InChI is InChI=1S/C7H10O2.C7H8O2.C6H8O2.C6H6O2.C6H8O2.C6H6O2.C5H2F4O2.C5H4F2O2.C5H5FO2.C5H6O2.C5H4O2/c2*1-4-5(2)7(8)9-6(4)3;2*1-4-3-5(2)8-6(4)7;2*1-5-3-2-4-6(7)8-5;1-2-4(6,7)5(8,9)3(10)11-2;1-2-3(6)4(7)5(8)9-2;1-3-2-4(6)5(7)8-3;2*1-4-2-3-5(6)7-4/h4-5H,3H2,1-2H3;3H2,1-2H3;4H,2-3H2,1H3;3H,2H2,1H3;1-4H2;2,4H,1,3H2;1H2;3-4H,1H2;4H,1-2H2;1-3H2;2-3H,1H2. The van der Waals surface area contributed by atoms with E-state index in [0.29, 0.717) is 89.3 Å². The molecule has 0 aromatic carbocycles. The van der Waals surface area contributed by atoms with E-state index in [4.69, 9.17) is 4.74 Å². The summed E-state index contributed by atoms with van der Waals surface area (Å²) in [7, 11) is 0. The molecule has 0 bridgehead atoms. The molecule has 0 aromatic rings. The van der Waals surface area contributed by atoms with Gasteiger partial charge < -0.3 is 52.1 Å². The van der Waals surface area contributed by atoms with Crippen LogP contribution < -0.4 is 0 Å². The predicted molar refractivity (Wildman–Crippen MR) is 307 cm³/mol. The molecule has 0 N–H and O–H groups in total. The molecule has 22 nitrogen and oxygen atoms in total. The van der Waals surface area contributed by atoms with E-state index >= 15 is 0 Å². The van der Waals surface area contributed by atoms with Crippen molar-refractivity contribution in [2.45, 2.75) is 123 Å². The fraction of sp³-hybridized carbons (Fsp3) is 0.349. The van der Waals surface area contributed by atoms with Gasteiger partial charge in [0.15, 0.2) is 11.9 Å². The summed E-state index contributed by atoms with van der Waals surface area (Å²) in [6.07, 6.45) is 6.89. The summed E-state index contributed by atoms with van der Waals surface area (Å²) in [5.74, 6) is -12.6. The Morgan fingerprint density at radius 3 is 1.15 bits per heavy atom. The van der Waals surface area contributed by atoms with Gasteiger partial charge in [-0.25, -0.2) is 46.7 Å². The molecule has 6 unspecified atom stereocenters. The molecule has 500 valence electrons. The number of halogens is 7. The Hall–Kier alpha value is -10.2. The molecule has 0 saturated carbocycles. The topological polar surface area (TPSA) is 289 Å². The average Bonchev–Trinajstić information content (AvgIpc) is 1.61. The van der Waals surface area contributed by atoms with E-state index in [1.807, 2.05) is 27.7 Å². The van der Waals surface area contributed by atoms with Gasteiger partial charge in [-0.05, 0) is 39.3 Å². The van der Waals surface area contributed by atoms with Crippen LogP contribution >= 0.6 is 0 Å². The average molecular weight is 1310 g/mol. The summed E-state index contributed by atoms with van der Waals surface area (Å²) in [4.78, 5) is 113. The second-order valence-corrected chi connectivity index (χ2v) is 19.7. The molecule has 11 aliphatic rings. The summed E-state index contributed by atoms with van der Waals surface area (Å²) in [5, 5.41) is 0. The molecule has 29 heteroatoms. The second-order valence-electron chi connectivity index (χ2n) is 19.7. The lowest BCUT2D eigenvalue weighted by atomic mass is 9.98. The lowest BCUT2D eigenvalue weighted by Crippen LogP contribution is -2.40. The maximum atomic E-state index is 12.2. The van der Waals surface area contributed by atoms with Crippen LogP contribution in [0.4, 0.5) is 30.7 Å². The lowest BCUT2D eigenvalue weighted by molar-refractivity contribution is -0.183. The number of carbonyl (C=O) groups excluding carboxylic acids is 11. The van der Waals surface area contributed by atoms with Crippen LogP contribution in [-0.4, -0.2) is 96.0 Å². The first kappa shape index (κ1) is 79.8. The van der Waals surface area contributed by atoms with Crippen LogP contribution in [-0.2, 0) is 105 Å². The number of allylic oxidation sites excluding steroid dienone is 11. The van der Waals surface area contributed by atoms with Crippen molar-refractivity contribution >= 4 is 65.7 Å². The van der Waals surface area contributed by atoms with Gasteiger partial charge in [-0.1, -0.05) is 99.2 Å². The van der Waals surface area contributed by atoms with E-state index < -0.39 is 59.8 Å². The number of hydrogen-bond acceptors (Lipinski definition) is 22. The van der Waals surface area contributed by atoms with Gasteiger partial charge in [0.25, 0.3) is 0 Å². The van der Waals surface area contributed by atoms with Crippen molar-refractivity contribution in [1.82, 2.24) is 0 Å². The van der Waals surface area contributed by atoms with Gasteiger partial charge in [-0.2, -0.15) is 17.6 Å². The number of carbonyl (C=O) groups is 11. The molecule has 11 heterocycles. The van der Waals surface area contributed by atoms with Crippen LogP contribution in [0.25, 0.3) is 0 Å². The number of esters is 11. The zero-order valence-corrected chi connectivity index (χ0v) is 50.9. The van der Waals surface area contributed by atoms with Crippen LogP contribution in [0.3, 0.4) is 0 Å². The monoisotopic (exact) mass is 1310 g/mol. The van der Waals surface area contributed by atoms with Gasteiger partial charge in [-0.15, -0.1) is 0 Å². The third-order valence-electron chi connectivity index (χ3n) is 12.1. The normalized spacial score (nSPS) is 24.7. The second kappa shape index (κ2) is 36.4. The molecule has 0 aromatic heterocycles. The van der Waals surface area contributed by atoms with E-state index in [-0.39, 0.29) is 77.7 Å². The Labute approximate surface area is 523 Å². The van der Waals surface area contributed by atoms with E-state index in [0.717, 1.165) is 18.4 Å². The highest BCUT2D eigenvalue weighted by atomic mass is 19.3. The van der Waals surface area contributed by atoms with Gasteiger partial charge in [0, 0.05) is 73.3 Å². The molecular formula is C63H67F7O22. The predicted octanol–water partition coefficient (Wildman–Crippen LogP) is 11.3. The summed E-state index contributed by atoms with van der Waals surface area (Å²) < 4.78 is 133. The summed E-state index contributed by atoms with van der Waals surface area (Å²) >= 11 is 0. The molecule has 6 atom stereocenters. The van der Waals surface area contributed by atoms with Crippen molar-refractivity contribution in [1.29, 1.82) is 0 Å². The third kappa shape index (κ3) is 26.5. The van der Waals surface area contributed by atoms with Gasteiger partial charge >= 0.3 is 77.5 Å². The Morgan fingerprint density at radius 1 is 0.446 bits per heavy atom. The molecule has 7 fully saturated rings. The Kier molecular flexibility index (Phi) is 31.6. The minimum Gasteiger partial charge on any atom is -0.432 e. The molecule has 7 saturated heterocycles. The minimum absolute atomic E-state index is 0.00231. The third-order valence-corrected chi connectivity index (χ3v) is 12.1. The number of alkyl halides is 7. The van der Waals surface area contributed by atoms with Crippen LogP contribution in [0.1, 0.15) is 92.9 Å². The van der Waals surface area contributed by atoms with Crippen LogP contribution in [0.2, 0.25) is 0 Å². The fourth-order valence-electron chi connectivity index (χ4n) is 6.32. The molecular weight excluding hydrogens is 1240 g/mol. The highest BCUT2D eigenvalue weighted by Crippen LogP contribution is 2.46. The Morgan fingerprint density at radius 2 is 0.989 bits per heavy atom. The maximum Gasteiger partial charge on any atom is 0.412 e. The highest BCUT2D eigenvalue weighted by Gasteiger charge is 2.71. The molecule has 0 aliphatic carbocycles. The van der Waals surface area contributed by atoms with E-state index in [9.17, 15) is 83.5 Å². The number of cyclic esters (lactones) is 11. The molecule has 0 spiro atoms. The van der Waals surface area contributed by atoms with Crippen molar-refractivity contribution in [2.24, 2.45) is 17.8 Å². The SMILES string of the molecule is C=C1C=C(C)C(=O)O1.C=C1C=CC(=O)O1.C=C1CC(C)C(=O)O1.C=C1CC(F)C(=O)O1.C=C1CC=CC(=O)O1.C=C1CCC(=O)O1.C=C1CCCC(=O)O1.C=C1OC(=O)C(C)=C1C.C=C1OC(=O)C(C)C1C.C=C1OC(=O)C(F)(F)C1(F)F.C=C1OC(=O)C(F)C1F. The Bertz CT molecular complexity index is 3020. The smallest absolute Gasteiger partial charge is 0.412 e. The van der Waals surface area contributed by atoms with E-state index in [1.54, 1.807) is 26.0 Å². The van der Waals surface area contributed by atoms with Crippen molar-refractivity contribution < 1.29 is 136 Å². The maximum absolute atomic E-state index is 12.2. The Balaban J connectivity index is 0.000000507. The van der Waals surface area contributed by atoms with Crippen LogP contribution in [0.15, 0.2) is 183 Å². The number of hydrogen-bond donors (Lipinski definition) is 0. The first-order valence-electron chi connectivity index (χ1n) is 26.7. The fourth-order valence-corrected chi connectivity index (χ4v) is 6.32. The van der Waals surface area contributed by atoms with Gasteiger partial charge in [0.1, 0.15) is 57.6 Å². The van der Waals surface area contributed by atoms with Crippen molar-refractivity contribution in [3.63, 3.8) is 0 Å². The number of rotatable bonds is 0. The minimum atomic E-state index is -4.77. The first-order chi connectivity index (χ1) is 42.4. The molecule has 92 heavy (non-hydrogen) atoms. The summed E-state index contributed by atoms with van der Waals surface area (Å²) in [6, 6.07) is 0. The van der Waals surface area contributed by atoms with Crippen molar-refractivity contribution in [2.75, 3.05) is 0 Å². The van der Waals surface area contributed by atoms with Crippen LogP contribution in [0.5, 0.6) is 0 Å².